The molecule has 0 spiro atoms. The van der Waals surface area contributed by atoms with Crippen LogP contribution in [0.25, 0.3) is 0 Å². The van der Waals surface area contributed by atoms with Crippen LogP contribution in [0.5, 0.6) is 0 Å². The lowest BCUT2D eigenvalue weighted by atomic mass is 9.78. The Morgan fingerprint density at radius 3 is 2.47 bits per heavy atom. The van der Waals surface area contributed by atoms with Crippen molar-refractivity contribution in [3.63, 3.8) is 0 Å². The van der Waals surface area contributed by atoms with E-state index in [2.05, 4.69) is 62.9 Å². The van der Waals surface area contributed by atoms with Crippen molar-refractivity contribution >= 4 is 24.6 Å². The first-order valence-corrected chi connectivity index (χ1v) is 12.5. The Labute approximate surface area is 205 Å². The molecule has 3 aliphatic rings. The SMILES string of the molecule is CC1=NC([C@@H](C)/C=C\C(=O)N[C@@H]2C[C@H](C)[C@H](C/C=C(\C)B3OC(C)(C)C(C)(C)O3)O[C@@H]2C)=NC1. The second-order valence-corrected chi connectivity index (χ2v) is 11.1. The van der Waals surface area contributed by atoms with E-state index in [9.17, 15) is 4.79 Å². The lowest BCUT2D eigenvalue weighted by Gasteiger charge is -2.39. The van der Waals surface area contributed by atoms with Gasteiger partial charge in [0.05, 0.1) is 36.0 Å². The fourth-order valence-corrected chi connectivity index (χ4v) is 4.40. The van der Waals surface area contributed by atoms with Gasteiger partial charge in [-0.3, -0.25) is 9.79 Å². The van der Waals surface area contributed by atoms with Gasteiger partial charge >= 0.3 is 7.12 Å². The average molecular weight is 471 g/mol. The number of nitrogens with one attached hydrogen (secondary N) is 1. The molecule has 0 aromatic heterocycles. The van der Waals surface area contributed by atoms with Crippen molar-refractivity contribution in [1.82, 2.24) is 5.32 Å². The van der Waals surface area contributed by atoms with E-state index in [0.717, 1.165) is 29.9 Å². The first kappa shape index (κ1) is 26.8. The van der Waals surface area contributed by atoms with E-state index < -0.39 is 0 Å². The summed E-state index contributed by atoms with van der Waals surface area (Å²) < 4.78 is 18.6. The molecule has 188 valence electrons. The number of carbonyl (C=O) groups is 1. The van der Waals surface area contributed by atoms with Crippen molar-refractivity contribution in [2.75, 3.05) is 6.54 Å². The molecule has 7 nitrogen and oxygen atoms in total. The van der Waals surface area contributed by atoms with Crippen LogP contribution >= 0.6 is 0 Å². The summed E-state index contributed by atoms with van der Waals surface area (Å²) in [6, 6.07) is -0.0176. The molecule has 3 rings (SSSR count). The highest BCUT2D eigenvalue weighted by Crippen LogP contribution is 2.38. The van der Waals surface area contributed by atoms with Crippen LogP contribution in [0.15, 0.2) is 33.7 Å². The van der Waals surface area contributed by atoms with E-state index in [-0.39, 0.29) is 48.4 Å². The van der Waals surface area contributed by atoms with Gasteiger partial charge in [-0.05, 0) is 78.8 Å². The highest BCUT2D eigenvalue weighted by Gasteiger charge is 2.51. The molecule has 0 radical (unpaired) electrons. The first-order chi connectivity index (χ1) is 15.8. The van der Waals surface area contributed by atoms with Crippen molar-refractivity contribution < 1.29 is 18.8 Å². The Balaban J connectivity index is 1.50. The third kappa shape index (κ3) is 6.26. The van der Waals surface area contributed by atoms with E-state index >= 15 is 0 Å². The second kappa shape index (κ2) is 10.5. The van der Waals surface area contributed by atoms with Crippen LogP contribution in [0.4, 0.5) is 0 Å². The molecule has 0 unspecified atom stereocenters. The lowest BCUT2D eigenvalue weighted by molar-refractivity contribution is -0.123. The summed E-state index contributed by atoms with van der Waals surface area (Å²) in [4.78, 5) is 21.4. The molecule has 0 aromatic rings. The summed E-state index contributed by atoms with van der Waals surface area (Å²) >= 11 is 0. The van der Waals surface area contributed by atoms with Gasteiger partial charge in [0.2, 0.25) is 5.91 Å². The molecule has 3 aliphatic heterocycles. The number of nitrogens with zero attached hydrogens (tertiary/aromatic N) is 2. The topological polar surface area (TPSA) is 81.5 Å². The number of aliphatic imine (C=N–C) groups is 2. The molecule has 2 fully saturated rings. The molecule has 0 saturated carbocycles. The molecule has 0 bridgehead atoms. The molecule has 5 atom stereocenters. The average Bonchev–Trinajstić information content (AvgIpc) is 3.27. The largest absolute Gasteiger partial charge is 0.489 e. The predicted octanol–water partition coefficient (Wildman–Crippen LogP) is 4.32. The van der Waals surface area contributed by atoms with Gasteiger partial charge in [-0.15, -0.1) is 0 Å². The highest BCUT2D eigenvalue weighted by atomic mass is 16.7. The van der Waals surface area contributed by atoms with Crippen LogP contribution in [-0.2, 0) is 18.8 Å². The molecule has 34 heavy (non-hydrogen) atoms. The number of hydrogen-bond acceptors (Lipinski definition) is 6. The fourth-order valence-electron chi connectivity index (χ4n) is 4.40. The van der Waals surface area contributed by atoms with E-state index in [1.807, 2.05) is 26.8 Å². The zero-order valence-electron chi connectivity index (χ0n) is 22.3. The van der Waals surface area contributed by atoms with Gasteiger partial charge in [0.15, 0.2) is 0 Å². The van der Waals surface area contributed by atoms with Crippen LogP contribution in [0.3, 0.4) is 0 Å². The number of ether oxygens (including phenoxy) is 1. The summed E-state index contributed by atoms with van der Waals surface area (Å²) in [6.07, 6.45) is 7.33. The third-order valence-corrected chi connectivity index (χ3v) is 7.56. The maximum absolute atomic E-state index is 12.5. The predicted molar refractivity (Wildman–Crippen MR) is 138 cm³/mol. The zero-order chi connectivity index (χ0) is 25.3. The standard InChI is InChI=1S/C26H42BN3O4/c1-16(24-28-15-19(4)29-24)10-13-23(31)30-21-14-17(2)22(32-20(21)5)12-11-18(3)27-33-25(6,7)26(8,9)34-27/h10-11,13,16-17,20-22H,12,14-15H2,1-9H3,(H,30,31)/b13-10-,18-11+/t16-,17-,20+,21+,22-/m0/s1. The Bertz CT molecular complexity index is 876. The van der Waals surface area contributed by atoms with Gasteiger partial charge in [0.25, 0.3) is 0 Å². The maximum atomic E-state index is 12.5. The Kier molecular flexibility index (Phi) is 8.26. The van der Waals surface area contributed by atoms with Gasteiger partial charge in [-0.2, -0.15) is 0 Å². The van der Waals surface area contributed by atoms with Crippen LogP contribution in [-0.4, -0.2) is 60.6 Å². The van der Waals surface area contributed by atoms with E-state index in [4.69, 9.17) is 14.0 Å². The van der Waals surface area contributed by atoms with Crippen molar-refractivity contribution in [3.8, 4) is 0 Å². The fraction of sp³-hybridized carbons (Fsp3) is 0.731. The highest BCUT2D eigenvalue weighted by molar-refractivity contribution is 6.54. The smallest absolute Gasteiger partial charge is 0.400 e. The van der Waals surface area contributed by atoms with Crippen LogP contribution < -0.4 is 5.32 Å². The number of rotatable bonds is 7. The van der Waals surface area contributed by atoms with E-state index in [0.29, 0.717) is 12.5 Å². The third-order valence-electron chi connectivity index (χ3n) is 7.56. The van der Waals surface area contributed by atoms with E-state index in [1.165, 1.54) is 0 Å². The number of allylic oxidation sites excluding steroid dienone is 1. The van der Waals surface area contributed by atoms with Gasteiger partial charge < -0.3 is 19.4 Å². The summed E-state index contributed by atoms with van der Waals surface area (Å²) in [5.74, 6) is 1.02. The zero-order valence-corrected chi connectivity index (χ0v) is 22.3. The van der Waals surface area contributed by atoms with Crippen molar-refractivity contribution in [3.05, 3.63) is 23.7 Å². The molecule has 1 amide bonds. The molecule has 0 aliphatic carbocycles. The maximum Gasteiger partial charge on any atom is 0.489 e. The molecular weight excluding hydrogens is 429 g/mol. The molecule has 3 heterocycles. The number of hydrogen-bond donors (Lipinski definition) is 1. The van der Waals surface area contributed by atoms with Gasteiger partial charge in [0, 0.05) is 11.6 Å². The summed E-state index contributed by atoms with van der Waals surface area (Å²) in [5, 5.41) is 3.12. The number of carbonyl (C=O) groups excluding carboxylic acids is 1. The molecule has 1 N–H and O–H groups in total. The summed E-state index contributed by atoms with van der Waals surface area (Å²) in [5.41, 5.74) is 1.40. The molecular formula is C26H42BN3O4. The quantitative estimate of drug-likeness (QED) is 0.443. The minimum absolute atomic E-state index is 0.0176. The molecule has 0 aromatic carbocycles. The van der Waals surface area contributed by atoms with Crippen molar-refractivity contribution in [2.45, 2.75) is 105 Å². The molecule has 2 saturated heterocycles. The monoisotopic (exact) mass is 471 g/mol. The lowest BCUT2D eigenvalue weighted by Crippen LogP contribution is -2.50. The number of amidine groups is 1. The minimum Gasteiger partial charge on any atom is -0.400 e. The van der Waals surface area contributed by atoms with Gasteiger partial charge in [0.1, 0.15) is 5.84 Å². The second-order valence-electron chi connectivity index (χ2n) is 11.1. The van der Waals surface area contributed by atoms with Gasteiger partial charge in [-0.25, -0.2) is 4.99 Å². The summed E-state index contributed by atoms with van der Waals surface area (Å²) in [7, 11) is -0.327. The van der Waals surface area contributed by atoms with Crippen LogP contribution in [0.1, 0.15) is 75.2 Å². The summed E-state index contributed by atoms with van der Waals surface area (Å²) in [6.45, 7) is 19.2. The van der Waals surface area contributed by atoms with Crippen LogP contribution in [0, 0.1) is 11.8 Å². The van der Waals surface area contributed by atoms with Crippen molar-refractivity contribution in [1.29, 1.82) is 0 Å². The normalized spacial score (nSPS) is 32.0. The molecule has 8 heteroatoms. The van der Waals surface area contributed by atoms with Gasteiger partial charge in [-0.1, -0.05) is 26.0 Å². The van der Waals surface area contributed by atoms with E-state index in [1.54, 1.807) is 6.08 Å². The Morgan fingerprint density at radius 1 is 1.24 bits per heavy atom. The minimum atomic E-state index is -0.343. The Hall–Kier alpha value is -1.77. The van der Waals surface area contributed by atoms with Crippen molar-refractivity contribution in [2.24, 2.45) is 21.8 Å². The Morgan fingerprint density at radius 2 is 1.88 bits per heavy atom. The van der Waals surface area contributed by atoms with Crippen LogP contribution in [0.2, 0.25) is 0 Å². The first-order valence-electron chi connectivity index (χ1n) is 12.5. The number of amides is 1.